The van der Waals surface area contributed by atoms with Crippen molar-refractivity contribution in [3.63, 3.8) is 0 Å². The molecule has 9 heteroatoms. The Morgan fingerprint density at radius 3 is 2.80 bits per heavy atom. The Hall–Kier alpha value is -3.43. The zero-order chi connectivity index (χ0) is 25.1. The van der Waals surface area contributed by atoms with Gasteiger partial charge in [0.2, 0.25) is 0 Å². The van der Waals surface area contributed by atoms with Gasteiger partial charge in [0.15, 0.2) is 0 Å². The number of pyridine rings is 1. The molecule has 1 amide bonds. The van der Waals surface area contributed by atoms with Gasteiger partial charge < -0.3 is 24.9 Å². The van der Waals surface area contributed by atoms with E-state index in [4.69, 9.17) is 0 Å². The first kappa shape index (κ1) is 23.3. The van der Waals surface area contributed by atoms with Crippen LogP contribution in [0.1, 0.15) is 41.7 Å². The number of hydrogen-bond donors (Lipinski definition) is 3. The molecule has 3 aromatic heterocycles. The van der Waals surface area contributed by atoms with Crippen molar-refractivity contribution < 1.29 is 14.3 Å². The van der Waals surface area contributed by atoms with Gasteiger partial charge in [0.05, 0.1) is 21.9 Å². The van der Waals surface area contributed by atoms with Crippen molar-refractivity contribution in [2.45, 2.75) is 32.8 Å². The molecule has 1 aromatic carbocycles. The third-order valence-corrected chi connectivity index (χ3v) is 7.81. The summed E-state index contributed by atoms with van der Waals surface area (Å²) in [6.45, 7) is 6.31. The van der Waals surface area contributed by atoms with Gasteiger partial charge in [0.1, 0.15) is 17.0 Å². The Morgan fingerprint density at radius 2 is 2.09 bits per heavy atom. The van der Waals surface area contributed by atoms with Crippen LogP contribution in [0.2, 0.25) is 0 Å². The van der Waals surface area contributed by atoms with E-state index >= 15 is 0 Å². The molecule has 1 aliphatic rings. The summed E-state index contributed by atoms with van der Waals surface area (Å²) < 4.78 is 16.4. The number of aliphatic hydroxyl groups is 1. The molecule has 0 saturated carbocycles. The number of nitrogens with zero attached hydrogens (tertiary/aromatic N) is 2. The first-order valence-corrected chi connectivity index (χ1v) is 12.3. The second-order valence-corrected chi connectivity index (χ2v) is 10.4. The van der Waals surface area contributed by atoms with Crippen molar-refractivity contribution in [3.8, 4) is 10.4 Å². The van der Waals surface area contributed by atoms with Crippen LogP contribution in [0.15, 0.2) is 41.3 Å². The number of amides is 1. The second kappa shape index (κ2) is 8.35. The SMILES string of the molecule is CCNC(=O)c1cc2c(-c3sc(C(C)(C)O)cc3N3CCc4cccc(F)c43)cn(C)c(=O)c2[nH]1. The topological polar surface area (TPSA) is 90.4 Å². The maximum Gasteiger partial charge on any atom is 0.274 e. The van der Waals surface area contributed by atoms with Crippen LogP contribution in [-0.2, 0) is 19.1 Å². The zero-order valence-corrected chi connectivity index (χ0v) is 20.8. The minimum atomic E-state index is -1.11. The Balaban J connectivity index is 1.78. The van der Waals surface area contributed by atoms with Crippen molar-refractivity contribution >= 4 is 39.5 Å². The molecule has 0 aliphatic carbocycles. The fourth-order valence-electron chi connectivity index (χ4n) is 4.62. The van der Waals surface area contributed by atoms with Crippen LogP contribution in [0, 0.1) is 5.82 Å². The van der Waals surface area contributed by atoms with E-state index < -0.39 is 5.60 Å². The molecule has 0 atom stereocenters. The van der Waals surface area contributed by atoms with E-state index in [0.717, 1.165) is 21.7 Å². The van der Waals surface area contributed by atoms with E-state index in [0.29, 0.717) is 46.7 Å². The second-order valence-electron chi connectivity index (χ2n) is 9.32. The maximum atomic E-state index is 15.0. The maximum absolute atomic E-state index is 15.0. The number of thiophene rings is 1. The van der Waals surface area contributed by atoms with Crippen molar-refractivity contribution in [3.05, 3.63) is 68.8 Å². The Kier molecular flexibility index (Phi) is 5.56. The third kappa shape index (κ3) is 3.84. The number of rotatable bonds is 5. The Bertz CT molecular complexity index is 1530. The number of carbonyl (C=O) groups excluding carboxylic acids is 1. The third-order valence-electron chi connectivity index (χ3n) is 6.34. The number of halogens is 1. The van der Waals surface area contributed by atoms with Gasteiger partial charge in [-0.05, 0) is 51.0 Å². The van der Waals surface area contributed by atoms with E-state index in [9.17, 15) is 19.1 Å². The number of aryl methyl sites for hydroxylation is 1. The van der Waals surface area contributed by atoms with Crippen molar-refractivity contribution in [2.24, 2.45) is 7.05 Å². The highest BCUT2D eigenvalue weighted by Crippen LogP contribution is 2.48. The number of benzene rings is 1. The fourth-order valence-corrected chi connectivity index (χ4v) is 5.80. The molecule has 0 fully saturated rings. The van der Waals surface area contributed by atoms with E-state index in [-0.39, 0.29) is 17.3 Å². The first-order chi connectivity index (χ1) is 16.6. The molecular weight excluding hydrogens is 467 g/mol. The van der Waals surface area contributed by atoms with E-state index in [1.165, 1.54) is 22.0 Å². The summed E-state index contributed by atoms with van der Waals surface area (Å²) in [5, 5.41) is 14.2. The molecule has 182 valence electrons. The van der Waals surface area contributed by atoms with Gasteiger partial charge in [0, 0.05) is 42.2 Å². The van der Waals surface area contributed by atoms with E-state index in [2.05, 4.69) is 10.3 Å². The predicted octanol–water partition coefficient (Wildman–Crippen LogP) is 4.41. The summed E-state index contributed by atoms with van der Waals surface area (Å²) in [5.74, 6) is -0.594. The lowest BCUT2D eigenvalue weighted by molar-refractivity contribution is 0.0825. The molecule has 3 N–H and O–H groups in total. The summed E-state index contributed by atoms with van der Waals surface area (Å²) in [4.78, 5) is 31.9. The summed E-state index contributed by atoms with van der Waals surface area (Å²) in [6, 6.07) is 8.68. The highest BCUT2D eigenvalue weighted by Gasteiger charge is 2.31. The molecule has 0 radical (unpaired) electrons. The fraction of sp³-hybridized carbons (Fsp3) is 0.308. The van der Waals surface area contributed by atoms with Gasteiger partial charge in [-0.25, -0.2) is 4.39 Å². The van der Waals surface area contributed by atoms with Crippen LogP contribution in [0.4, 0.5) is 15.8 Å². The lowest BCUT2D eigenvalue weighted by Gasteiger charge is -2.21. The molecule has 0 bridgehead atoms. The van der Waals surface area contributed by atoms with Gasteiger partial charge in [-0.2, -0.15) is 0 Å². The molecule has 0 unspecified atom stereocenters. The molecule has 1 aliphatic heterocycles. The number of H-pyrrole nitrogens is 1. The number of anilines is 2. The van der Waals surface area contributed by atoms with Crippen LogP contribution < -0.4 is 15.8 Å². The van der Waals surface area contributed by atoms with Crippen LogP contribution in [0.25, 0.3) is 21.3 Å². The number of aromatic nitrogens is 2. The molecule has 35 heavy (non-hydrogen) atoms. The number of carbonyl (C=O) groups is 1. The molecule has 7 nitrogen and oxygen atoms in total. The van der Waals surface area contributed by atoms with Gasteiger partial charge in [-0.3, -0.25) is 9.59 Å². The molecular formula is C26H27FN4O3S. The minimum Gasteiger partial charge on any atom is -0.385 e. The van der Waals surface area contributed by atoms with Gasteiger partial charge in [-0.15, -0.1) is 11.3 Å². The van der Waals surface area contributed by atoms with Crippen molar-refractivity contribution in [2.75, 3.05) is 18.0 Å². The number of nitrogens with one attached hydrogen (secondary N) is 2. The molecule has 4 heterocycles. The predicted molar refractivity (Wildman–Crippen MR) is 137 cm³/mol. The first-order valence-electron chi connectivity index (χ1n) is 11.5. The van der Waals surface area contributed by atoms with Gasteiger partial charge in [-0.1, -0.05) is 12.1 Å². The smallest absolute Gasteiger partial charge is 0.274 e. The number of para-hydroxylation sites is 1. The lowest BCUT2D eigenvalue weighted by Crippen LogP contribution is -2.23. The Labute approximate surface area is 205 Å². The standard InChI is InChI=1S/C26H27FN4O3S/c1-5-28-24(32)18-11-15-16(13-30(4)25(33)21(15)29-18)23-19(12-20(35-23)26(2,3)34)31-10-9-14-7-6-8-17(27)22(14)31/h6-8,11-13,29,34H,5,9-10H2,1-4H3,(H,28,32). The molecule has 4 aromatic rings. The Morgan fingerprint density at radius 1 is 1.31 bits per heavy atom. The monoisotopic (exact) mass is 494 g/mol. The van der Waals surface area contributed by atoms with Gasteiger partial charge >= 0.3 is 0 Å². The quantitative estimate of drug-likeness (QED) is 0.384. The zero-order valence-electron chi connectivity index (χ0n) is 20.0. The number of hydrogen-bond acceptors (Lipinski definition) is 5. The number of aromatic amines is 1. The average molecular weight is 495 g/mol. The normalized spacial score (nSPS) is 13.5. The van der Waals surface area contributed by atoms with Crippen LogP contribution in [-0.4, -0.2) is 33.7 Å². The van der Waals surface area contributed by atoms with E-state index in [1.54, 1.807) is 39.2 Å². The number of fused-ring (bicyclic) bond motifs is 2. The molecule has 5 rings (SSSR count). The summed E-state index contributed by atoms with van der Waals surface area (Å²) in [6.07, 6.45) is 2.44. The average Bonchev–Trinajstić information content (AvgIpc) is 3.52. The van der Waals surface area contributed by atoms with Crippen LogP contribution in [0.3, 0.4) is 0 Å². The van der Waals surface area contributed by atoms with Crippen molar-refractivity contribution in [1.29, 1.82) is 0 Å². The molecule has 0 spiro atoms. The van der Waals surface area contributed by atoms with Gasteiger partial charge in [0.25, 0.3) is 11.5 Å². The minimum absolute atomic E-state index is 0.252. The molecule has 0 saturated heterocycles. The highest BCUT2D eigenvalue weighted by atomic mass is 32.1. The van der Waals surface area contributed by atoms with Crippen LogP contribution >= 0.6 is 11.3 Å². The van der Waals surface area contributed by atoms with Crippen LogP contribution in [0.5, 0.6) is 0 Å². The summed E-state index contributed by atoms with van der Waals surface area (Å²) in [5.41, 5.74) is 2.21. The summed E-state index contributed by atoms with van der Waals surface area (Å²) >= 11 is 1.40. The highest BCUT2D eigenvalue weighted by molar-refractivity contribution is 7.16. The lowest BCUT2D eigenvalue weighted by atomic mass is 10.1. The largest absolute Gasteiger partial charge is 0.385 e. The van der Waals surface area contributed by atoms with Crippen molar-refractivity contribution in [1.82, 2.24) is 14.9 Å². The summed E-state index contributed by atoms with van der Waals surface area (Å²) in [7, 11) is 1.66. The van der Waals surface area contributed by atoms with E-state index in [1.807, 2.05) is 24.0 Å².